The molecule has 1 saturated carbocycles. The van der Waals surface area contributed by atoms with E-state index in [0.717, 1.165) is 51.1 Å². The molecule has 2 aliphatic carbocycles. The number of rotatable bonds is 3. The van der Waals surface area contributed by atoms with Gasteiger partial charge in [-0.3, -0.25) is 9.69 Å². The molecule has 2 saturated heterocycles. The predicted octanol–water partition coefficient (Wildman–Crippen LogP) is 3.23. The number of carbonyl (C=O) groups excluding carboxylic acids is 1. The van der Waals surface area contributed by atoms with Gasteiger partial charge in [0.25, 0.3) is 0 Å². The van der Waals surface area contributed by atoms with Crippen LogP contribution in [0.3, 0.4) is 0 Å². The summed E-state index contributed by atoms with van der Waals surface area (Å²) in [6, 6.07) is 6.63. The van der Waals surface area contributed by atoms with Crippen LogP contribution < -0.4 is 4.90 Å². The second-order valence-electron chi connectivity index (χ2n) is 10.1. The molecule has 0 bridgehead atoms. The number of benzene rings is 1. The molecule has 3 fully saturated rings. The number of aliphatic hydroxyl groups is 1. The molecule has 31 heavy (non-hydrogen) atoms. The van der Waals surface area contributed by atoms with E-state index in [1.807, 2.05) is 12.1 Å². The van der Waals surface area contributed by atoms with Crippen molar-refractivity contribution in [2.24, 2.45) is 23.2 Å². The molecule has 168 valence electrons. The molecule has 2 aliphatic heterocycles. The summed E-state index contributed by atoms with van der Waals surface area (Å²) in [5.41, 5.74) is 2.05. The maximum atomic E-state index is 13.2. The van der Waals surface area contributed by atoms with Crippen molar-refractivity contribution in [3.05, 3.63) is 41.7 Å². The fraction of sp³-hybridized carbons (Fsp3) is 0.640. The Kier molecular flexibility index (Phi) is 5.33. The molecule has 0 unspecified atom stereocenters. The van der Waals surface area contributed by atoms with Crippen LogP contribution in [0.25, 0.3) is 0 Å². The molecule has 2 heterocycles. The van der Waals surface area contributed by atoms with Gasteiger partial charge in [0.15, 0.2) is 0 Å². The highest BCUT2D eigenvalue weighted by Gasteiger charge is 2.59. The number of fused-ring (bicyclic) bond motifs is 2. The number of allylic oxidation sites excluding steroid dienone is 1. The molecule has 0 spiro atoms. The number of esters is 1. The molecule has 1 N–H and O–H groups in total. The number of aliphatic hydroxyl groups excluding tert-OH is 1. The van der Waals surface area contributed by atoms with E-state index in [4.69, 9.17) is 4.74 Å². The first-order valence-corrected chi connectivity index (χ1v) is 11.7. The first kappa shape index (κ1) is 21.0. The number of halogens is 1. The fourth-order valence-electron chi connectivity index (χ4n) is 6.39. The largest absolute Gasteiger partial charge is 0.461 e. The molecular formula is C25H33FN2O3. The lowest BCUT2D eigenvalue weighted by Gasteiger charge is -2.52. The summed E-state index contributed by atoms with van der Waals surface area (Å²) in [5, 5.41) is 11.5. The maximum absolute atomic E-state index is 13.2. The molecule has 1 aromatic carbocycles. The highest BCUT2D eigenvalue weighted by Crippen LogP contribution is 2.56. The minimum atomic E-state index is -0.551. The Morgan fingerprint density at radius 2 is 1.90 bits per heavy atom. The molecule has 0 amide bonds. The summed E-state index contributed by atoms with van der Waals surface area (Å²) >= 11 is 0. The van der Waals surface area contributed by atoms with Gasteiger partial charge in [0.1, 0.15) is 11.9 Å². The van der Waals surface area contributed by atoms with E-state index in [2.05, 4.69) is 29.7 Å². The SMILES string of the molecule is C[C@H]1CCC=C2C[C@H]3OC(=O)[C@@H](CN4CCN(c5ccc(F)cc5)CC4)[C@@H]3[C@H](O)[C@@]21C. The highest BCUT2D eigenvalue weighted by molar-refractivity contribution is 5.76. The van der Waals surface area contributed by atoms with Crippen molar-refractivity contribution >= 4 is 11.7 Å². The van der Waals surface area contributed by atoms with Crippen LogP contribution in [-0.2, 0) is 9.53 Å². The number of hydrogen-bond acceptors (Lipinski definition) is 5. The van der Waals surface area contributed by atoms with Crippen molar-refractivity contribution in [2.45, 2.75) is 45.3 Å². The lowest BCUT2D eigenvalue weighted by atomic mass is 9.55. The lowest BCUT2D eigenvalue weighted by Crippen LogP contribution is -2.55. The smallest absolute Gasteiger partial charge is 0.311 e. The van der Waals surface area contributed by atoms with Crippen LogP contribution in [0.5, 0.6) is 0 Å². The minimum absolute atomic E-state index is 0.134. The summed E-state index contributed by atoms with van der Waals surface area (Å²) in [6.07, 6.45) is 4.42. The minimum Gasteiger partial charge on any atom is -0.461 e. The average molecular weight is 429 g/mol. The first-order valence-electron chi connectivity index (χ1n) is 11.7. The Balaban J connectivity index is 1.27. The molecule has 6 heteroatoms. The van der Waals surface area contributed by atoms with Gasteiger partial charge in [0.2, 0.25) is 0 Å². The van der Waals surface area contributed by atoms with E-state index in [-0.39, 0.29) is 35.1 Å². The predicted molar refractivity (Wildman–Crippen MR) is 117 cm³/mol. The van der Waals surface area contributed by atoms with Crippen molar-refractivity contribution in [1.29, 1.82) is 0 Å². The second-order valence-corrected chi connectivity index (χ2v) is 10.1. The van der Waals surface area contributed by atoms with E-state index in [9.17, 15) is 14.3 Å². The Morgan fingerprint density at radius 3 is 2.61 bits per heavy atom. The summed E-state index contributed by atoms with van der Waals surface area (Å²) in [5.74, 6) is -0.374. The molecule has 5 nitrogen and oxygen atoms in total. The number of piperazine rings is 1. The van der Waals surface area contributed by atoms with Crippen LogP contribution in [0.2, 0.25) is 0 Å². The molecule has 1 aromatic rings. The molecule has 6 atom stereocenters. The van der Waals surface area contributed by atoms with Crippen LogP contribution in [0, 0.1) is 29.0 Å². The van der Waals surface area contributed by atoms with Gasteiger partial charge in [-0.1, -0.05) is 25.5 Å². The van der Waals surface area contributed by atoms with Gasteiger partial charge in [-0.15, -0.1) is 0 Å². The van der Waals surface area contributed by atoms with Crippen LogP contribution >= 0.6 is 0 Å². The average Bonchev–Trinajstić information content (AvgIpc) is 3.07. The van der Waals surface area contributed by atoms with Crippen LogP contribution in [0.4, 0.5) is 10.1 Å². The number of anilines is 1. The van der Waals surface area contributed by atoms with E-state index in [1.165, 1.54) is 17.7 Å². The monoisotopic (exact) mass is 428 g/mol. The fourth-order valence-corrected chi connectivity index (χ4v) is 6.39. The normalized spacial score (nSPS) is 38.3. The molecule has 0 radical (unpaired) electrons. The van der Waals surface area contributed by atoms with Gasteiger partial charge in [-0.25, -0.2) is 4.39 Å². The third-order valence-corrected chi connectivity index (χ3v) is 8.59. The van der Waals surface area contributed by atoms with Gasteiger partial charge in [-0.2, -0.15) is 0 Å². The number of ether oxygens (including phenoxy) is 1. The number of hydrogen-bond donors (Lipinski definition) is 1. The summed E-state index contributed by atoms with van der Waals surface area (Å²) in [4.78, 5) is 17.4. The molecule has 5 rings (SSSR count). The number of carbonyl (C=O) groups is 1. The van der Waals surface area contributed by atoms with Gasteiger partial charge in [0.05, 0.1) is 12.0 Å². The van der Waals surface area contributed by atoms with Crippen LogP contribution in [-0.4, -0.2) is 60.9 Å². The van der Waals surface area contributed by atoms with Crippen molar-refractivity contribution in [3.63, 3.8) is 0 Å². The van der Waals surface area contributed by atoms with E-state index < -0.39 is 6.10 Å². The standard InChI is InChI=1S/C25H33FN2O3/c1-16-4-3-5-17-14-21-22(23(29)25(16,17)2)20(24(30)31-21)15-27-10-12-28(13-11-27)19-8-6-18(26)7-9-19/h5-9,16,20-23,29H,3-4,10-15H2,1-2H3/t16-,20-,21+,22-,23-,25+/m0/s1. The van der Waals surface area contributed by atoms with Gasteiger partial charge in [-0.05, 0) is 43.0 Å². The zero-order valence-corrected chi connectivity index (χ0v) is 18.5. The van der Waals surface area contributed by atoms with Crippen molar-refractivity contribution in [1.82, 2.24) is 4.90 Å². The van der Waals surface area contributed by atoms with Gasteiger partial charge < -0.3 is 14.7 Å². The quantitative estimate of drug-likeness (QED) is 0.592. The van der Waals surface area contributed by atoms with Gasteiger partial charge >= 0.3 is 5.97 Å². The number of nitrogens with zero attached hydrogens (tertiary/aromatic N) is 2. The summed E-state index contributed by atoms with van der Waals surface area (Å²) in [7, 11) is 0. The molecule has 4 aliphatic rings. The van der Waals surface area contributed by atoms with Crippen LogP contribution in [0.1, 0.15) is 33.1 Å². The Bertz CT molecular complexity index is 864. The summed E-state index contributed by atoms with van der Waals surface area (Å²) in [6.45, 7) is 8.42. The Labute approximate surface area is 183 Å². The van der Waals surface area contributed by atoms with Crippen molar-refractivity contribution in [2.75, 3.05) is 37.6 Å². The molecular weight excluding hydrogens is 395 g/mol. The topological polar surface area (TPSA) is 53.0 Å². The lowest BCUT2D eigenvalue weighted by molar-refractivity contribution is -0.145. The van der Waals surface area contributed by atoms with E-state index in [0.29, 0.717) is 12.5 Å². The van der Waals surface area contributed by atoms with Crippen molar-refractivity contribution in [3.8, 4) is 0 Å². The zero-order chi connectivity index (χ0) is 21.8. The van der Waals surface area contributed by atoms with Gasteiger partial charge in [0, 0.05) is 56.2 Å². The first-order chi connectivity index (χ1) is 14.9. The second kappa shape index (κ2) is 7.89. The van der Waals surface area contributed by atoms with E-state index in [1.54, 1.807) is 0 Å². The highest BCUT2D eigenvalue weighted by atomic mass is 19.1. The van der Waals surface area contributed by atoms with Crippen LogP contribution in [0.15, 0.2) is 35.9 Å². The molecule has 0 aromatic heterocycles. The zero-order valence-electron chi connectivity index (χ0n) is 18.5. The third-order valence-electron chi connectivity index (χ3n) is 8.59. The Morgan fingerprint density at radius 1 is 1.19 bits per heavy atom. The van der Waals surface area contributed by atoms with E-state index >= 15 is 0 Å². The van der Waals surface area contributed by atoms with Crippen molar-refractivity contribution < 1.29 is 19.0 Å². The third kappa shape index (κ3) is 3.48. The Hall–Kier alpha value is -1.92. The maximum Gasteiger partial charge on any atom is 0.311 e. The summed E-state index contributed by atoms with van der Waals surface area (Å²) < 4.78 is 19.0.